The molecule has 2 aromatic carbocycles. The summed E-state index contributed by atoms with van der Waals surface area (Å²) in [6.07, 6.45) is -3.59. The number of nitrogens with one attached hydrogen (secondary N) is 1. The predicted octanol–water partition coefficient (Wildman–Crippen LogP) is 4.64. The zero-order chi connectivity index (χ0) is 25.8. The monoisotopic (exact) mass is 506 g/mol. The third kappa shape index (κ3) is 6.21. The molecule has 1 saturated carbocycles. The second-order valence-electron chi connectivity index (χ2n) is 8.83. The minimum atomic E-state index is -4.55. The molecule has 2 atom stereocenters. The minimum absolute atomic E-state index is 0.162. The molecular weight excluding hydrogens is 481 g/mol. The molecule has 190 valence electrons. The van der Waals surface area contributed by atoms with Gasteiger partial charge in [0.2, 0.25) is 5.88 Å². The van der Waals surface area contributed by atoms with E-state index in [4.69, 9.17) is 9.72 Å². The molecule has 0 saturated heterocycles. The van der Waals surface area contributed by atoms with Gasteiger partial charge in [0.05, 0.1) is 11.4 Å². The number of ether oxygens (including phenoxy) is 1. The maximum absolute atomic E-state index is 12.4. The van der Waals surface area contributed by atoms with Gasteiger partial charge in [-0.05, 0) is 30.2 Å². The van der Waals surface area contributed by atoms with E-state index in [-0.39, 0.29) is 18.3 Å². The van der Waals surface area contributed by atoms with Gasteiger partial charge in [0, 0.05) is 36.3 Å². The number of benzene rings is 2. The maximum atomic E-state index is 12.4. The highest BCUT2D eigenvalue weighted by Gasteiger charge is 2.37. The molecule has 4 aromatic rings. The molecule has 0 bridgehead atoms. The first-order chi connectivity index (χ1) is 17.9. The lowest BCUT2D eigenvalue weighted by Gasteiger charge is -2.11. The van der Waals surface area contributed by atoms with Gasteiger partial charge in [-0.1, -0.05) is 54.6 Å². The second-order valence-corrected chi connectivity index (χ2v) is 8.83. The fourth-order valence-electron chi connectivity index (χ4n) is 4.23. The van der Waals surface area contributed by atoms with Crippen LogP contribution in [-0.2, 0) is 20.2 Å². The molecule has 1 aliphatic rings. The number of aromatic nitrogens is 3. The summed E-state index contributed by atoms with van der Waals surface area (Å²) in [5.74, 6) is 0.868. The van der Waals surface area contributed by atoms with E-state index < -0.39 is 6.18 Å². The Bertz CT molecular complexity index is 1480. The van der Waals surface area contributed by atoms with Gasteiger partial charge in [0.15, 0.2) is 5.49 Å². The maximum Gasteiger partial charge on any atom is 0.428 e. The molecule has 1 fully saturated rings. The number of halogens is 3. The summed E-state index contributed by atoms with van der Waals surface area (Å²) < 4.78 is 44.7. The summed E-state index contributed by atoms with van der Waals surface area (Å²) in [4.78, 5) is 4.70. The van der Waals surface area contributed by atoms with Gasteiger partial charge < -0.3 is 10.1 Å². The molecule has 0 aliphatic heterocycles. The number of rotatable bonds is 8. The molecule has 1 N–H and O–H groups in total. The van der Waals surface area contributed by atoms with E-state index in [9.17, 15) is 13.2 Å². The van der Waals surface area contributed by atoms with Crippen LogP contribution in [0.5, 0.6) is 5.88 Å². The summed E-state index contributed by atoms with van der Waals surface area (Å²) >= 11 is 0. The van der Waals surface area contributed by atoms with E-state index in [1.807, 2.05) is 24.3 Å². The van der Waals surface area contributed by atoms with Crippen molar-refractivity contribution in [1.82, 2.24) is 20.1 Å². The average Bonchev–Trinajstić information content (AvgIpc) is 3.68. The van der Waals surface area contributed by atoms with Crippen LogP contribution in [0.25, 0.3) is 10.8 Å². The van der Waals surface area contributed by atoms with E-state index in [0.29, 0.717) is 35.2 Å². The highest BCUT2D eigenvalue weighted by molar-refractivity contribution is 5.85. The molecule has 1 aliphatic carbocycles. The Morgan fingerprint density at radius 2 is 1.73 bits per heavy atom. The summed E-state index contributed by atoms with van der Waals surface area (Å²) in [5, 5.41) is 16.0. The van der Waals surface area contributed by atoms with E-state index in [1.54, 1.807) is 31.3 Å². The Labute approximate surface area is 211 Å². The van der Waals surface area contributed by atoms with Crippen LogP contribution >= 0.6 is 0 Å². The summed E-state index contributed by atoms with van der Waals surface area (Å²) in [5.41, 5.74) is 3.20. The molecule has 0 spiro atoms. The second kappa shape index (κ2) is 10.5. The Morgan fingerprint density at radius 3 is 2.51 bits per heavy atom. The van der Waals surface area contributed by atoms with Crippen molar-refractivity contribution in [1.29, 1.82) is 0 Å². The molecule has 37 heavy (non-hydrogen) atoms. The predicted molar refractivity (Wildman–Crippen MR) is 134 cm³/mol. The van der Waals surface area contributed by atoms with Gasteiger partial charge in [-0.3, -0.25) is 4.98 Å². The van der Waals surface area contributed by atoms with Crippen molar-refractivity contribution in [3.8, 4) is 5.88 Å². The van der Waals surface area contributed by atoms with Crippen molar-refractivity contribution in [2.75, 3.05) is 0 Å². The highest BCUT2D eigenvalue weighted by Crippen LogP contribution is 2.40. The first-order valence-electron chi connectivity index (χ1n) is 11.8. The molecule has 2 heterocycles. The van der Waals surface area contributed by atoms with Crippen LogP contribution in [0.1, 0.15) is 29.3 Å². The van der Waals surface area contributed by atoms with Crippen molar-refractivity contribution >= 4 is 17.0 Å². The molecule has 0 amide bonds. The number of hydrogen-bond donors (Lipinski definition) is 1. The Morgan fingerprint density at radius 1 is 1.00 bits per heavy atom. The van der Waals surface area contributed by atoms with Gasteiger partial charge in [0.25, 0.3) is 0 Å². The van der Waals surface area contributed by atoms with Crippen molar-refractivity contribution in [2.45, 2.75) is 37.7 Å². The van der Waals surface area contributed by atoms with Crippen molar-refractivity contribution in [3.05, 3.63) is 95.2 Å². The van der Waals surface area contributed by atoms with Gasteiger partial charge in [0.1, 0.15) is 12.8 Å². The van der Waals surface area contributed by atoms with Gasteiger partial charge in [-0.2, -0.15) is 18.3 Å². The zero-order valence-corrected chi connectivity index (χ0v) is 20.1. The lowest BCUT2D eigenvalue weighted by molar-refractivity contribution is -0.0537. The number of alkyl halides is 3. The molecule has 7 nitrogen and oxygen atoms in total. The SMILES string of the molecule is Cn1nc(OCc2cccc(CN[C@H]3C[C@@H]3c3ccccc3)n2)c2ccccc2/c1=N/N=C/C(F)(F)F. The largest absolute Gasteiger partial charge is 0.470 e. The molecule has 10 heteroatoms. The van der Waals surface area contributed by atoms with Crippen LogP contribution in [0.4, 0.5) is 13.2 Å². The Hall–Kier alpha value is -4.05. The van der Waals surface area contributed by atoms with Crippen LogP contribution in [-0.4, -0.2) is 33.2 Å². The number of nitrogens with zero attached hydrogens (tertiary/aromatic N) is 5. The normalized spacial score (nSPS) is 18.0. The smallest absolute Gasteiger partial charge is 0.428 e. The van der Waals surface area contributed by atoms with Crippen molar-refractivity contribution < 1.29 is 17.9 Å². The molecule has 0 unspecified atom stereocenters. The van der Waals surface area contributed by atoms with Crippen molar-refractivity contribution in [3.63, 3.8) is 0 Å². The molecule has 2 aromatic heterocycles. The van der Waals surface area contributed by atoms with E-state index >= 15 is 0 Å². The van der Waals surface area contributed by atoms with Gasteiger partial charge >= 0.3 is 6.18 Å². The third-order valence-corrected chi connectivity index (χ3v) is 6.09. The number of aryl methyl sites for hydroxylation is 1. The van der Waals surface area contributed by atoms with Gasteiger partial charge in [-0.15, -0.1) is 10.2 Å². The Kier molecular flexibility index (Phi) is 7.00. The average molecular weight is 507 g/mol. The fraction of sp³-hybridized carbons (Fsp3) is 0.259. The van der Waals surface area contributed by atoms with Gasteiger partial charge in [-0.25, -0.2) is 4.68 Å². The topological polar surface area (TPSA) is 76.7 Å². The fourth-order valence-corrected chi connectivity index (χ4v) is 4.23. The van der Waals surface area contributed by atoms with Crippen LogP contribution in [0.2, 0.25) is 0 Å². The van der Waals surface area contributed by atoms with Crippen LogP contribution < -0.4 is 15.5 Å². The van der Waals surface area contributed by atoms with E-state index in [2.05, 4.69) is 44.9 Å². The summed E-state index contributed by atoms with van der Waals surface area (Å²) in [6, 6.07) is 23.8. The number of pyridine rings is 1. The Balaban J connectivity index is 1.27. The van der Waals surface area contributed by atoms with E-state index in [0.717, 1.165) is 17.8 Å². The highest BCUT2D eigenvalue weighted by atomic mass is 19.4. The zero-order valence-electron chi connectivity index (χ0n) is 20.1. The van der Waals surface area contributed by atoms with Crippen LogP contribution in [0, 0.1) is 0 Å². The molecule has 0 radical (unpaired) electrons. The molecule has 5 rings (SSSR count). The van der Waals surface area contributed by atoms with Crippen LogP contribution in [0.3, 0.4) is 0 Å². The standard InChI is InChI=1S/C27H25F3N6O/c1-36-25(34-32-17-27(28,29)30)21-12-5-6-13-22(21)26(35-36)37-16-20-11-7-10-19(33-20)15-31-24-14-23(24)18-8-3-2-4-9-18/h2-13,17,23-24,31H,14-16H2,1H3/b32-17+,34-25-/t23-,24+/m1/s1. The third-order valence-electron chi connectivity index (χ3n) is 6.09. The lowest BCUT2D eigenvalue weighted by atomic mass is 10.1. The summed E-state index contributed by atoms with van der Waals surface area (Å²) in [7, 11) is 1.58. The number of fused-ring (bicyclic) bond motifs is 1. The number of hydrogen-bond acceptors (Lipinski definition) is 6. The quantitative estimate of drug-likeness (QED) is 0.279. The lowest BCUT2D eigenvalue weighted by Crippen LogP contribution is -2.22. The first-order valence-corrected chi connectivity index (χ1v) is 11.8. The van der Waals surface area contributed by atoms with E-state index in [1.165, 1.54) is 10.2 Å². The van der Waals surface area contributed by atoms with Crippen molar-refractivity contribution in [2.24, 2.45) is 17.3 Å². The minimum Gasteiger partial charge on any atom is -0.470 e. The van der Waals surface area contributed by atoms with Crippen LogP contribution in [0.15, 0.2) is 83.0 Å². The summed E-state index contributed by atoms with van der Waals surface area (Å²) in [6.45, 7) is 0.843. The first kappa shape index (κ1) is 24.6. The molecular formula is C27H25F3N6O.